The van der Waals surface area contributed by atoms with Crippen molar-refractivity contribution in [1.29, 1.82) is 0 Å². The lowest BCUT2D eigenvalue weighted by Crippen LogP contribution is -2.06. The van der Waals surface area contributed by atoms with Gasteiger partial charge in [-0.05, 0) is 50.5 Å². The van der Waals surface area contributed by atoms with E-state index < -0.39 is 0 Å². The monoisotopic (exact) mass is 284 g/mol. The van der Waals surface area contributed by atoms with E-state index in [-0.39, 0.29) is 0 Å². The SMILES string of the molecule is CCCCNc1cc(C)nc(Nc2ccc(C)c(C)c2)n1. The van der Waals surface area contributed by atoms with Crippen molar-refractivity contribution in [3.8, 4) is 0 Å². The first-order valence-electron chi connectivity index (χ1n) is 7.52. The van der Waals surface area contributed by atoms with E-state index in [0.29, 0.717) is 5.95 Å². The Hall–Kier alpha value is -2.10. The van der Waals surface area contributed by atoms with Crippen LogP contribution in [0.15, 0.2) is 24.3 Å². The van der Waals surface area contributed by atoms with Crippen molar-refractivity contribution >= 4 is 17.5 Å². The molecule has 1 aromatic heterocycles. The van der Waals surface area contributed by atoms with Gasteiger partial charge in [-0.1, -0.05) is 19.4 Å². The highest BCUT2D eigenvalue weighted by Gasteiger charge is 2.03. The maximum Gasteiger partial charge on any atom is 0.229 e. The van der Waals surface area contributed by atoms with Crippen LogP contribution in [0.2, 0.25) is 0 Å². The molecule has 0 aliphatic heterocycles. The second-order valence-corrected chi connectivity index (χ2v) is 5.42. The van der Waals surface area contributed by atoms with E-state index in [2.05, 4.69) is 59.6 Å². The van der Waals surface area contributed by atoms with Gasteiger partial charge in [0.2, 0.25) is 5.95 Å². The number of anilines is 3. The largest absolute Gasteiger partial charge is 0.370 e. The number of aromatic nitrogens is 2. The minimum atomic E-state index is 0.636. The molecule has 0 saturated heterocycles. The van der Waals surface area contributed by atoms with Gasteiger partial charge in [0.15, 0.2) is 0 Å². The van der Waals surface area contributed by atoms with Gasteiger partial charge in [0, 0.05) is 24.0 Å². The molecule has 0 fully saturated rings. The zero-order valence-corrected chi connectivity index (χ0v) is 13.3. The van der Waals surface area contributed by atoms with Gasteiger partial charge in [-0.15, -0.1) is 0 Å². The summed E-state index contributed by atoms with van der Waals surface area (Å²) < 4.78 is 0. The van der Waals surface area contributed by atoms with Crippen molar-refractivity contribution in [2.75, 3.05) is 17.2 Å². The molecule has 0 radical (unpaired) electrons. The second kappa shape index (κ2) is 7.07. The first-order chi connectivity index (χ1) is 10.1. The fourth-order valence-corrected chi connectivity index (χ4v) is 2.06. The maximum absolute atomic E-state index is 4.52. The molecule has 2 rings (SSSR count). The van der Waals surface area contributed by atoms with E-state index >= 15 is 0 Å². The van der Waals surface area contributed by atoms with Crippen molar-refractivity contribution in [3.63, 3.8) is 0 Å². The second-order valence-electron chi connectivity index (χ2n) is 5.42. The maximum atomic E-state index is 4.52. The number of nitrogens with one attached hydrogen (secondary N) is 2. The van der Waals surface area contributed by atoms with Gasteiger partial charge >= 0.3 is 0 Å². The quantitative estimate of drug-likeness (QED) is 0.774. The average molecular weight is 284 g/mol. The first kappa shape index (κ1) is 15.3. The number of unbranched alkanes of at least 4 members (excludes halogenated alkanes) is 1. The molecule has 0 aliphatic carbocycles. The minimum absolute atomic E-state index is 0.636. The zero-order chi connectivity index (χ0) is 15.2. The summed E-state index contributed by atoms with van der Waals surface area (Å²) in [6, 6.07) is 8.25. The Labute approximate surface area is 127 Å². The Morgan fingerprint density at radius 2 is 1.81 bits per heavy atom. The van der Waals surface area contributed by atoms with Gasteiger partial charge in [-0.25, -0.2) is 4.98 Å². The fourth-order valence-electron chi connectivity index (χ4n) is 2.06. The smallest absolute Gasteiger partial charge is 0.229 e. The van der Waals surface area contributed by atoms with Crippen LogP contribution in [-0.4, -0.2) is 16.5 Å². The molecule has 4 heteroatoms. The summed E-state index contributed by atoms with van der Waals surface area (Å²) in [5.41, 5.74) is 4.51. The molecule has 0 saturated carbocycles. The van der Waals surface area contributed by atoms with Crippen LogP contribution < -0.4 is 10.6 Å². The summed E-state index contributed by atoms with van der Waals surface area (Å²) in [6.07, 6.45) is 2.31. The normalized spacial score (nSPS) is 10.5. The van der Waals surface area contributed by atoms with Crippen molar-refractivity contribution in [3.05, 3.63) is 41.1 Å². The van der Waals surface area contributed by atoms with Crippen molar-refractivity contribution < 1.29 is 0 Å². The van der Waals surface area contributed by atoms with E-state index in [4.69, 9.17) is 0 Å². The highest BCUT2D eigenvalue weighted by Crippen LogP contribution is 2.18. The summed E-state index contributed by atoms with van der Waals surface area (Å²) >= 11 is 0. The Balaban J connectivity index is 2.13. The molecule has 1 heterocycles. The zero-order valence-electron chi connectivity index (χ0n) is 13.3. The lowest BCUT2D eigenvalue weighted by molar-refractivity contribution is 0.830. The molecule has 0 aliphatic rings. The molecule has 2 N–H and O–H groups in total. The summed E-state index contributed by atoms with van der Waals surface area (Å²) in [6.45, 7) is 9.32. The summed E-state index contributed by atoms with van der Waals surface area (Å²) in [5, 5.41) is 6.62. The summed E-state index contributed by atoms with van der Waals surface area (Å²) in [7, 11) is 0. The third-order valence-electron chi connectivity index (χ3n) is 3.45. The van der Waals surface area contributed by atoms with Crippen LogP contribution in [-0.2, 0) is 0 Å². The lowest BCUT2D eigenvalue weighted by atomic mass is 10.1. The lowest BCUT2D eigenvalue weighted by Gasteiger charge is -2.10. The van der Waals surface area contributed by atoms with E-state index in [0.717, 1.165) is 30.2 Å². The molecule has 0 amide bonds. The number of rotatable bonds is 6. The van der Waals surface area contributed by atoms with E-state index in [1.165, 1.54) is 17.5 Å². The van der Waals surface area contributed by atoms with Gasteiger partial charge in [-0.3, -0.25) is 0 Å². The summed E-state index contributed by atoms with van der Waals surface area (Å²) in [4.78, 5) is 8.97. The van der Waals surface area contributed by atoms with Crippen LogP contribution in [0.4, 0.5) is 17.5 Å². The average Bonchev–Trinajstić information content (AvgIpc) is 2.43. The highest BCUT2D eigenvalue weighted by molar-refractivity contribution is 5.57. The number of hydrogen-bond donors (Lipinski definition) is 2. The molecule has 21 heavy (non-hydrogen) atoms. The van der Waals surface area contributed by atoms with Crippen LogP contribution in [0.3, 0.4) is 0 Å². The molecule has 1 aromatic carbocycles. The number of benzene rings is 1. The van der Waals surface area contributed by atoms with Gasteiger partial charge in [0.05, 0.1) is 0 Å². The molecule has 0 spiro atoms. The molecule has 0 unspecified atom stereocenters. The minimum Gasteiger partial charge on any atom is -0.370 e. The third kappa shape index (κ3) is 4.45. The third-order valence-corrected chi connectivity index (χ3v) is 3.45. The Bertz CT molecular complexity index is 608. The van der Waals surface area contributed by atoms with E-state index in [1.54, 1.807) is 0 Å². The van der Waals surface area contributed by atoms with Gasteiger partial charge in [-0.2, -0.15) is 4.98 Å². The molecular formula is C17H24N4. The predicted molar refractivity (Wildman–Crippen MR) is 89.4 cm³/mol. The Morgan fingerprint density at radius 1 is 1.00 bits per heavy atom. The Kier molecular flexibility index (Phi) is 5.14. The molecule has 0 bridgehead atoms. The van der Waals surface area contributed by atoms with Crippen LogP contribution in [0, 0.1) is 20.8 Å². The Morgan fingerprint density at radius 3 is 2.52 bits per heavy atom. The van der Waals surface area contributed by atoms with Gasteiger partial charge in [0.1, 0.15) is 5.82 Å². The van der Waals surface area contributed by atoms with Crippen molar-refractivity contribution in [2.24, 2.45) is 0 Å². The number of aryl methyl sites for hydroxylation is 3. The highest BCUT2D eigenvalue weighted by atomic mass is 15.1. The summed E-state index contributed by atoms with van der Waals surface area (Å²) in [5.74, 6) is 1.51. The van der Waals surface area contributed by atoms with Crippen LogP contribution in [0.25, 0.3) is 0 Å². The topological polar surface area (TPSA) is 49.8 Å². The van der Waals surface area contributed by atoms with Crippen LogP contribution >= 0.6 is 0 Å². The molecule has 4 nitrogen and oxygen atoms in total. The standard InChI is InChI=1S/C17H24N4/c1-5-6-9-18-16-11-14(4)19-17(21-16)20-15-8-7-12(2)13(3)10-15/h7-8,10-11H,5-6,9H2,1-4H3,(H2,18,19,20,21). The fraction of sp³-hybridized carbons (Fsp3) is 0.412. The van der Waals surface area contributed by atoms with Gasteiger partial charge < -0.3 is 10.6 Å². The number of nitrogens with zero attached hydrogens (tertiary/aromatic N) is 2. The molecule has 2 aromatic rings. The van der Waals surface area contributed by atoms with Crippen molar-refractivity contribution in [2.45, 2.75) is 40.5 Å². The van der Waals surface area contributed by atoms with Crippen LogP contribution in [0.5, 0.6) is 0 Å². The molecule has 112 valence electrons. The predicted octanol–water partition coefficient (Wildman–Crippen LogP) is 4.36. The van der Waals surface area contributed by atoms with E-state index in [9.17, 15) is 0 Å². The number of hydrogen-bond acceptors (Lipinski definition) is 4. The molecule has 0 atom stereocenters. The first-order valence-corrected chi connectivity index (χ1v) is 7.52. The van der Waals surface area contributed by atoms with Crippen molar-refractivity contribution in [1.82, 2.24) is 9.97 Å². The van der Waals surface area contributed by atoms with Crippen LogP contribution in [0.1, 0.15) is 36.6 Å². The van der Waals surface area contributed by atoms with E-state index in [1.807, 2.05) is 13.0 Å². The van der Waals surface area contributed by atoms with Gasteiger partial charge in [0.25, 0.3) is 0 Å². The molecular weight excluding hydrogens is 260 g/mol.